The first-order chi connectivity index (χ1) is 17.0. The highest BCUT2D eigenvalue weighted by molar-refractivity contribution is 8.07. The fourth-order valence-corrected chi connectivity index (χ4v) is 5.25. The number of hydrogen-bond donors (Lipinski definition) is 4. The minimum Gasteiger partial charge on any atom is -0.495 e. The van der Waals surface area contributed by atoms with E-state index in [2.05, 4.69) is 36.0 Å². The van der Waals surface area contributed by atoms with Crippen molar-refractivity contribution < 1.29 is 27.4 Å². The van der Waals surface area contributed by atoms with E-state index in [1.807, 2.05) is 12.1 Å². The molecule has 0 amide bonds. The van der Waals surface area contributed by atoms with Crippen molar-refractivity contribution in [2.45, 2.75) is 45.4 Å². The van der Waals surface area contributed by atoms with Gasteiger partial charge in [-0.15, -0.1) is 0 Å². The van der Waals surface area contributed by atoms with Crippen LogP contribution >= 0.6 is 0 Å². The van der Waals surface area contributed by atoms with Crippen LogP contribution in [0.5, 0.6) is 5.75 Å². The van der Waals surface area contributed by atoms with Crippen molar-refractivity contribution in [1.82, 2.24) is 0 Å². The predicted octanol–water partition coefficient (Wildman–Crippen LogP) is 5.81. The zero-order valence-corrected chi connectivity index (χ0v) is 21.4. The van der Waals surface area contributed by atoms with Crippen LogP contribution in [-0.2, 0) is 10.0 Å². The molecule has 0 aromatic heterocycles. The Morgan fingerprint density at radius 2 is 1.81 bits per heavy atom. The Hall–Kier alpha value is -3.40. The van der Waals surface area contributed by atoms with Crippen LogP contribution in [0.3, 0.4) is 0 Å². The van der Waals surface area contributed by atoms with E-state index in [9.17, 15) is 17.6 Å². The van der Waals surface area contributed by atoms with Crippen molar-refractivity contribution in [2.75, 3.05) is 17.1 Å². The van der Waals surface area contributed by atoms with Crippen LogP contribution in [0.1, 0.15) is 61.4 Å². The van der Waals surface area contributed by atoms with E-state index in [4.69, 9.17) is 15.3 Å². The largest absolute Gasteiger partial charge is 0.495 e. The van der Waals surface area contributed by atoms with Gasteiger partial charge in [0.2, 0.25) is 0 Å². The van der Waals surface area contributed by atoms with Crippen LogP contribution in [0.25, 0.3) is 0 Å². The Morgan fingerprint density at radius 1 is 1.17 bits per heavy atom. The number of benzene rings is 2. The van der Waals surface area contributed by atoms with E-state index in [1.54, 1.807) is 0 Å². The first-order valence-electron chi connectivity index (χ1n) is 11.8. The number of halogens is 1. The number of rotatable bonds is 9. The molecule has 8 nitrogen and oxygen atoms in total. The second kappa shape index (κ2) is 11.6. The van der Waals surface area contributed by atoms with Gasteiger partial charge in [0.1, 0.15) is 11.6 Å². The molecular weight excluding hydrogens is 485 g/mol. The molecule has 1 aliphatic carbocycles. The summed E-state index contributed by atoms with van der Waals surface area (Å²) in [6.45, 7) is 4.57. The SMILES string of the molecule is COc1cc(C(=O)O)c(F)cc1NS(=O)(=O)C(=N)/C=C\Nc1ccc([C@H]2CC[C@H](C(C)C)CC2)cc1. The van der Waals surface area contributed by atoms with Crippen LogP contribution in [0, 0.1) is 23.1 Å². The average Bonchev–Trinajstić information content (AvgIpc) is 2.84. The molecule has 36 heavy (non-hydrogen) atoms. The third kappa shape index (κ3) is 6.63. The standard InChI is InChI=1S/C26H32FN3O5S/c1-16(2)17-4-6-18(7-5-17)19-8-10-20(11-9-19)29-13-12-25(28)36(33,34)30-23-15-22(27)21(26(31)32)14-24(23)35-3/h8-18,28-30H,4-7H2,1-3H3,(H,31,32)/b13-12-,28-25?/t17-,18-. The predicted molar refractivity (Wildman–Crippen MR) is 139 cm³/mol. The van der Waals surface area contributed by atoms with E-state index < -0.39 is 32.4 Å². The Bertz CT molecular complexity index is 1230. The molecule has 0 aliphatic heterocycles. The van der Waals surface area contributed by atoms with Crippen molar-refractivity contribution in [3.05, 3.63) is 65.6 Å². The molecule has 0 unspecified atom stereocenters. The fraction of sp³-hybridized carbons (Fsp3) is 0.385. The average molecular weight is 518 g/mol. The third-order valence-electron chi connectivity index (χ3n) is 6.63. The number of anilines is 2. The molecule has 0 heterocycles. The van der Waals surface area contributed by atoms with Gasteiger partial charge in [-0.2, -0.15) is 8.42 Å². The molecule has 2 aromatic carbocycles. The summed E-state index contributed by atoms with van der Waals surface area (Å²) in [4.78, 5) is 11.1. The maximum absolute atomic E-state index is 14.0. The maximum atomic E-state index is 14.0. The lowest BCUT2D eigenvalue weighted by Gasteiger charge is -2.31. The minimum atomic E-state index is -4.37. The second-order valence-electron chi connectivity index (χ2n) is 9.26. The highest BCUT2D eigenvalue weighted by Gasteiger charge is 2.24. The van der Waals surface area contributed by atoms with E-state index >= 15 is 0 Å². The van der Waals surface area contributed by atoms with E-state index in [0.717, 1.165) is 29.7 Å². The molecule has 1 fully saturated rings. The Kier molecular flexibility index (Phi) is 8.73. The number of carboxylic acid groups (broad SMARTS) is 1. The molecule has 4 N–H and O–H groups in total. The Morgan fingerprint density at radius 3 is 2.36 bits per heavy atom. The Balaban J connectivity index is 1.60. The van der Waals surface area contributed by atoms with E-state index in [0.29, 0.717) is 12.0 Å². The van der Waals surface area contributed by atoms with Crippen LogP contribution in [0.4, 0.5) is 15.8 Å². The molecule has 0 atom stereocenters. The number of methoxy groups -OCH3 is 1. The first-order valence-corrected chi connectivity index (χ1v) is 13.3. The lowest BCUT2D eigenvalue weighted by Crippen LogP contribution is -2.21. The molecule has 1 aliphatic rings. The molecule has 0 radical (unpaired) electrons. The van der Waals surface area contributed by atoms with Crippen LogP contribution in [0.15, 0.2) is 48.7 Å². The van der Waals surface area contributed by atoms with Crippen molar-refractivity contribution >= 4 is 32.4 Å². The maximum Gasteiger partial charge on any atom is 0.338 e. The first kappa shape index (κ1) is 27.2. The Labute approximate surface area is 211 Å². The number of carbonyl (C=O) groups is 1. The van der Waals surface area contributed by atoms with Crippen molar-refractivity contribution in [3.63, 3.8) is 0 Å². The highest BCUT2D eigenvalue weighted by Crippen LogP contribution is 2.38. The third-order valence-corrected chi connectivity index (χ3v) is 7.84. The lowest BCUT2D eigenvalue weighted by molar-refractivity contribution is 0.0691. The fourth-order valence-electron chi connectivity index (χ4n) is 4.44. The number of sulfonamides is 1. The molecule has 2 aromatic rings. The topological polar surface area (TPSA) is 129 Å². The van der Waals surface area contributed by atoms with Gasteiger partial charge < -0.3 is 15.2 Å². The normalized spacial score (nSPS) is 18.2. The zero-order valence-electron chi connectivity index (χ0n) is 20.5. The van der Waals surface area contributed by atoms with Crippen molar-refractivity contribution in [1.29, 1.82) is 5.41 Å². The quantitative estimate of drug-likeness (QED) is 0.246. The summed E-state index contributed by atoms with van der Waals surface area (Å²) in [7, 11) is -3.18. The molecule has 0 saturated heterocycles. The van der Waals surface area contributed by atoms with Gasteiger partial charge >= 0.3 is 5.97 Å². The molecule has 194 valence electrons. The number of hydrogen-bond acceptors (Lipinski definition) is 6. The zero-order chi connectivity index (χ0) is 26.5. The summed E-state index contributed by atoms with van der Waals surface area (Å²) < 4.78 is 46.1. The van der Waals surface area contributed by atoms with Gasteiger partial charge in [-0.1, -0.05) is 26.0 Å². The van der Waals surface area contributed by atoms with Gasteiger partial charge in [0, 0.05) is 18.0 Å². The van der Waals surface area contributed by atoms with Gasteiger partial charge in [0.15, 0.2) is 5.04 Å². The highest BCUT2D eigenvalue weighted by atomic mass is 32.2. The molecule has 0 bridgehead atoms. The summed E-state index contributed by atoms with van der Waals surface area (Å²) >= 11 is 0. The number of carboxylic acids is 1. The number of nitrogens with one attached hydrogen (secondary N) is 3. The van der Waals surface area contributed by atoms with Crippen molar-refractivity contribution in [2.24, 2.45) is 11.8 Å². The second-order valence-corrected chi connectivity index (χ2v) is 10.9. The van der Waals surface area contributed by atoms with Crippen LogP contribution in [0.2, 0.25) is 0 Å². The van der Waals surface area contributed by atoms with E-state index in [1.165, 1.54) is 44.6 Å². The van der Waals surface area contributed by atoms with Crippen LogP contribution < -0.4 is 14.8 Å². The summed E-state index contributed by atoms with van der Waals surface area (Å²) in [6, 6.07) is 9.55. The molecule has 10 heteroatoms. The minimum absolute atomic E-state index is 0.190. The number of ether oxygens (including phenoxy) is 1. The smallest absolute Gasteiger partial charge is 0.338 e. The molecular formula is C26H32FN3O5S. The van der Waals surface area contributed by atoms with E-state index in [-0.39, 0.29) is 11.4 Å². The summed E-state index contributed by atoms with van der Waals surface area (Å²) in [5.41, 5.74) is 1.06. The lowest BCUT2D eigenvalue weighted by atomic mass is 9.75. The molecule has 0 spiro atoms. The van der Waals surface area contributed by atoms with Gasteiger partial charge in [-0.05, 0) is 73.3 Å². The summed E-state index contributed by atoms with van der Waals surface area (Å²) in [6.07, 6.45) is 7.25. The van der Waals surface area contributed by atoms with Gasteiger partial charge in [0.05, 0.1) is 18.4 Å². The van der Waals surface area contributed by atoms with Crippen LogP contribution in [-0.4, -0.2) is 31.6 Å². The summed E-state index contributed by atoms with van der Waals surface area (Å²) in [5.74, 6) is -0.763. The van der Waals surface area contributed by atoms with Gasteiger partial charge in [-0.25, -0.2) is 9.18 Å². The molecule has 3 rings (SSSR count). The van der Waals surface area contributed by atoms with Gasteiger partial charge in [0.25, 0.3) is 10.0 Å². The monoisotopic (exact) mass is 517 g/mol. The van der Waals surface area contributed by atoms with Crippen molar-refractivity contribution in [3.8, 4) is 5.75 Å². The van der Waals surface area contributed by atoms with Gasteiger partial charge in [-0.3, -0.25) is 10.1 Å². The summed E-state index contributed by atoms with van der Waals surface area (Å²) in [5, 5.41) is 19.1. The number of aromatic carboxylic acids is 1. The molecule has 1 saturated carbocycles.